The molecule has 0 saturated heterocycles. The van der Waals surface area contributed by atoms with Crippen LogP contribution in [-0.4, -0.2) is 27.4 Å². The number of hydrogen-bond donors (Lipinski definition) is 2. The van der Waals surface area contributed by atoms with Gasteiger partial charge in [0.2, 0.25) is 5.89 Å². The Balaban J connectivity index is 2.10. The minimum atomic E-state index is -1.09. The Labute approximate surface area is 120 Å². The number of halogens is 2. The highest BCUT2D eigenvalue weighted by molar-refractivity contribution is 6.31. The quantitative estimate of drug-likeness (QED) is 0.878. The van der Waals surface area contributed by atoms with Crippen LogP contribution in [0.5, 0.6) is 0 Å². The number of rotatable bonds is 5. The highest BCUT2D eigenvalue weighted by Gasteiger charge is 2.22. The minimum Gasteiger partial charge on any atom is -0.388 e. The van der Waals surface area contributed by atoms with Crippen LogP contribution in [0.2, 0.25) is 5.02 Å². The molecule has 0 amide bonds. The van der Waals surface area contributed by atoms with E-state index >= 15 is 0 Å². The van der Waals surface area contributed by atoms with Gasteiger partial charge in [0.15, 0.2) is 5.82 Å². The third kappa shape index (κ3) is 3.75. The summed E-state index contributed by atoms with van der Waals surface area (Å²) in [6.45, 7) is 1.68. The van der Waals surface area contributed by atoms with Crippen LogP contribution in [0.15, 0.2) is 22.7 Å². The Hall–Kier alpha value is -1.50. The average molecular weight is 300 g/mol. The van der Waals surface area contributed by atoms with Crippen LogP contribution in [0.25, 0.3) is 0 Å². The lowest BCUT2D eigenvalue weighted by atomic mass is 10.0. The van der Waals surface area contributed by atoms with Gasteiger partial charge in [0, 0.05) is 18.0 Å². The third-order valence-electron chi connectivity index (χ3n) is 2.85. The summed E-state index contributed by atoms with van der Waals surface area (Å²) in [5.74, 6) is 0.321. The fourth-order valence-electron chi connectivity index (χ4n) is 1.67. The van der Waals surface area contributed by atoms with E-state index in [2.05, 4.69) is 10.1 Å². The molecule has 5 nitrogen and oxygen atoms in total. The van der Waals surface area contributed by atoms with Crippen molar-refractivity contribution < 1.29 is 14.0 Å². The van der Waals surface area contributed by atoms with E-state index in [1.165, 1.54) is 12.1 Å². The fraction of sp³-hybridized carbons (Fsp3) is 0.385. The van der Waals surface area contributed by atoms with Crippen LogP contribution in [0.4, 0.5) is 4.39 Å². The Kier molecular flexibility index (Phi) is 4.37. The van der Waals surface area contributed by atoms with Gasteiger partial charge in [0.1, 0.15) is 5.82 Å². The lowest BCUT2D eigenvalue weighted by molar-refractivity contribution is 0.0610. The molecule has 1 heterocycles. The molecule has 0 saturated carbocycles. The van der Waals surface area contributed by atoms with Gasteiger partial charge < -0.3 is 15.4 Å². The molecule has 0 fully saturated rings. The Morgan fingerprint density at radius 3 is 2.90 bits per heavy atom. The van der Waals surface area contributed by atoms with Gasteiger partial charge in [-0.05, 0) is 24.6 Å². The molecule has 2 aromatic rings. The maximum atomic E-state index is 12.9. The van der Waals surface area contributed by atoms with E-state index in [9.17, 15) is 9.50 Å². The van der Waals surface area contributed by atoms with E-state index in [-0.39, 0.29) is 13.0 Å². The van der Waals surface area contributed by atoms with Gasteiger partial charge in [-0.2, -0.15) is 4.98 Å². The van der Waals surface area contributed by atoms with Crippen LogP contribution in [0.1, 0.15) is 24.2 Å². The molecule has 7 heteroatoms. The van der Waals surface area contributed by atoms with Gasteiger partial charge in [0.25, 0.3) is 0 Å². The van der Waals surface area contributed by atoms with Crippen LogP contribution >= 0.6 is 11.6 Å². The molecule has 1 atom stereocenters. The molecule has 0 spiro atoms. The van der Waals surface area contributed by atoms with Crippen molar-refractivity contribution in [2.24, 2.45) is 5.73 Å². The second-order valence-electron chi connectivity index (χ2n) is 4.89. The first-order valence-corrected chi connectivity index (χ1v) is 6.45. The smallest absolute Gasteiger partial charge is 0.229 e. The lowest BCUT2D eigenvalue weighted by Crippen LogP contribution is -2.36. The van der Waals surface area contributed by atoms with Crippen molar-refractivity contribution in [1.82, 2.24) is 10.1 Å². The monoisotopic (exact) mass is 299 g/mol. The molecule has 0 radical (unpaired) electrons. The molecule has 1 aromatic heterocycles. The van der Waals surface area contributed by atoms with E-state index in [4.69, 9.17) is 21.9 Å². The fourth-order valence-corrected chi connectivity index (χ4v) is 1.90. The first-order chi connectivity index (χ1) is 9.39. The summed E-state index contributed by atoms with van der Waals surface area (Å²) in [5.41, 5.74) is 5.04. The maximum absolute atomic E-state index is 12.9. The summed E-state index contributed by atoms with van der Waals surface area (Å²) in [4.78, 5) is 4.16. The summed E-state index contributed by atoms with van der Waals surface area (Å²) in [7, 11) is 0. The van der Waals surface area contributed by atoms with Gasteiger partial charge in [-0.3, -0.25) is 0 Å². The molecule has 2 rings (SSSR count). The number of benzene rings is 1. The first kappa shape index (κ1) is 14.9. The van der Waals surface area contributed by atoms with E-state index < -0.39 is 11.4 Å². The molecule has 1 unspecified atom stereocenters. The van der Waals surface area contributed by atoms with Crippen LogP contribution in [0.3, 0.4) is 0 Å². The van der Waals surface area contributed by atoms with Crippen molar-refractivity contribution in [3.63, 3.8) is 0 Å². The normalized spacial score (nSPS) is 14.2. The van der Waals surface area contributed by atoms with Gasteiger partial charge in [-0.15, -0.1) is 0 Å². The average Bonchev–Trinajstić information content (AvgIpc) is 2.79. The molecule has 1 aromatic carbocycles. The highest BCUT2D eigenvalue weighted by Crippen LogP contribution is 2.20. The number of nitrogens with zero attached hydrogens (tertiary/aromatic N) is 2. The van der Waals surface area contributed by atoms with Crippen LogP contribution in [0, 0.1) is 5.82 Å². The first-order valence-electron chi connectivity index (χ1n) is 6.07. The molecule has 0 aliphatic carbocycles. The SMILES string of the molecule is CC(O)(CN)Cc1nc(Cc2ccc(F)cc2Cl)no1. The van der Waals surface area contributed by atoms with Gasteiger partial charge in [0.05, 0.1) is 12.0 Å². The Morgan fingerprint density at radius 2 is 2.25 bits per heavy atom. The zero-order valence-electron chi connectivity index (χ0n) is 10.9. The van der Waals surface area contributed by atoms with E-state index in [0.717, 1.165) is 0 Å². The standard InChI is InChI=1S/C13H15ClFN3O2/c1-13(19,7-16)6-12-17-11(18-20-12)4-8-2-3-9(15)5-10(8)14/h2-3,5,19H,4,6-7,16H2,1H3. The number of hydrogen-bond acceptors (Lipinski definition) is 5. The predicted octanol–water partition coefficient (Wildman–Crippen LogP) is 1.71. The molecule has 0 bridgehead atoms. The van der Waals surface area contributed by atoms with Gasteiger partial charge in [-0.25, -0.2) is 4.39 Å². The summed E-state index contributed by atoms with van der Waals surface area (Å²) < 4.78 is 18.0. The van der Waals surface area contributed by atoms with E-state index in [1.54, 1.807) is 13.0 Å². The largest absolute Gasteiger partial charge is 0.388 e. The number of aromatic nitrogens is 2. The number of nitrogens with two attached hydrogens (primary N) is 1. The summed E-state index contributed by atoms with van der Waals surface area (Å²) in [6, 6.07) is 4.13. The molecule has 0 aliphatic heterocycles. The van der Waals surface area contributed by atoms with E-state index in [0.29, 0.717) is 28.7 Å². The Morgan fingerprint density at radius 1 is 1.50 bits per heavy atom. The van der Waals surface area contributed by atoms with Crippen LogP contribution < -0.4 is 5.73 Å². The van der Waals surface area contributed by atoms with Crippen molar-refractivity contribution in [3.8, 4) is 0 Å². The highest BCUT2D eigenvalue weighted by atomic mass is 35.5. The van der Waals surface area contributed by atoms with Gasteiger partial charge >= 0.3 is 0 Å². The van der Waals surface area contributed by atoms with Crippen molar-refractivity contribution >= 4 is 11.6 Å². The maximum Gasteiger partial charge on any atom is 0.229 e. The third-order valence-corrected chi connectivity index (χ3v) is 3.20. The van der Waals surface area contributed by atoms with Crippen molar-refractivity contribution in [2.75, 3.05) is 6.54 Å². The predicted molar refractivity (Wildman–Crippen MR) is 71.9 cm³/mol. The minimum absolute atomic E-state index is 0.0918. The molecule has 3 N–H and O–H groups in total. The topological polar surface area (TPSA) is 85.2 Å². The lowest BCUT2D eigenvalue weighted by Gasteiger charge is -2.17. The second-order valence-corrected chi connectivity index (χ2v) is 5.30. The molecule has 0 aliphatic rings. The van der Waals surface area contributed by atoms with Crippen molar-refractivity contribution in [3.05, 3.63) is 46.3 Å². The summed E-state index contributed by atoms with van der Waals surface area (Å²) >= 11 is 5.93. The second kappa shape index (κ2) is 5.87. The van der Waals surface area contributed by atoms with Crippen molar-refractivity contribution in [2.45, 2.75) is 25.4 Å². The molecule has 108 valence electrons. The molecular formula is C13H15ClFN3O2. The molecular weight excluding hydrogens is 285 g/mol. The van der Waals surface area contributed by atoms with Gasteiger partial charge in [-0.1, -0.05) is 22.8 Å². The number of aliphatic hydroxyl groups is 1. The summed E-state index contributed by atoms with van der Waals surface area (Å²) in [5, 5.41) is 13.9. The van der Waals surface area contributed by atoms with Crippen molar-refractivity contribution in [1.29, 1.82) is 0 Å². The zero-order valence-corrected chi connectivity index (χ0v) is 11.7. The zero-order chi connectivity index (χ0) is 14.8. The summed E-state index contributed by atoms with van der Waals surface area (Å²) in [6.07, 6.45) is 0.501. The Bertz CT molecular complexity index is 601. The van der Waals surface area contributed by atoms with Crippen LogP contribution in [-0.2, 0) is 12.8 Å². The molecule has 20 heavy (non-hydrogen) atoms. The van der Waals surface area contributed by atoms with E-state index in [1.807, 2.05) is 0 Å².